The first-order valence-corrected chi connectivity index (χ1v) is 11.6. The number of carbonyl (C=O) groups is 1. The number of para-hydroxylation sites is 1. The van der Waals surface area contributed by atoms with Gasteiger partial charge in [-0.2, -0.15) is 0 Å². The Morgan fingerprint density at radius 1 is 0.657 bits per heavy atom. The molecule has 0 saturated carbocycles. The van der Waals surface area contributed by atoms with Crippen LogP contribution in [0.4, 0.5) is 5.69 Å². The number of nitrogens with zero attached hydrogens (tertiary/aromatic N) is 1. The minimum atomic E-state index is -1.38. The van der Waals surface area contributed by atoms with E-state index in [0.29, 0.717) is 5.56 Å². The van der Waals surface area contributed by atoms with Crippen molar-refractivity contribution in [1.29, 1.82) is 0 Å². The third-order valence-corrected chi connectivity index (χ3v) is 7.00. The highest BCUT2D eigenvalue weighted by Gasteiger charge is 2.57. The summed E-state index contributed by atoms with van der Waals surface area (Å²) in [5, 5.41) is 0. The van der Waals surface area contributed by atoms with E-state index < -0.39 is 11.1 Å². The molecular formula is C31H24N2O2. The van der Waals surface area contributed by atoms with Crippen LogP contribution in [0.25, 0.3) is 0 Å². The molecular weight excluding hydrogens is 432 g/mol. The summed E-state index contributed by atoms with van der Waals surface area (Å²) in [6, 6.07) is 40.0. The van der Waals surface area contributed by atoms with E-state index in [2.05, 4.69) is 36.4 Å². The molecule has 0 spiro atoms. The van der Waals surface area contributed by atoms with E-state index in [0.717, 1.165) is 27.9 Å². The fourth-order valence-corrected chi connectivity index (χ4v) is 5.43. The number of hydrogen-bond acceptors (Lipinski definition) is 3. The molecule has 1 amide bonds. The van der Waals surface area contributed by atoms with Crippen LogP contribution in [-0.2, 0) is 15.9 Å². The minimum absolute atomic E-state index is 0.211. The zero-order valence-corrected chi connectivity index (χ0v) is 19.0. The third-order valence-electron chi connectivity index (χ3n) is 7.00. The lowest BCUT2D eigenvalue weighted by atomic mass is 9.75. The molecule has 170 valence electrons. The molecule has 2 N–H and O–H groups in total. The molecule has 2 heterocycles. The smallest absolute Gasteiger partial charge is 0.257 e. The van der Waals surface area contributed by atoms with Gasteiger partial charge in [-0.15, -0.1) is 0 Å². The third kappa shape index (κ3) is 2.94. The molecule has 1 aliphatic heterocycles. The van der Waals surface area contributed by atoms with Gasteiger partial charge in [0.1, 0.15) is 5.54 Å². The van der Waals surface area contributed by atoms with Gasteiger partial charge < -0.3 is 10.2 Å². The monoisotopic (exact) mass is 456 g/mol. The second kappa shape index (κ2) is 8.12. The molecule has 0 unspecified atom stereocenters. The summed E-state index contributed by atoms with van der Waals surface area (Å²) in [5.41, 5.74) is 9.77. The van der Waals surface area contributed by atoms with Crippen molar-refractivity contribution < 1.29 is 9.21 Å². The molecule has 0 fully saturated rings. The van der Waals surface area contributed by atoms with Gasteiger partial charge >= 0.3 is 0 Å². The maximum Gasteiger partial charge on any atom is 0.257 e. The van der Waals surface area contributed by atoms with Crippen molar-refractivity contribution in [3.05, 3.63) is 162 Å². The van der Waals surface area contributed by atoms with Crippen molar-refractivity contribution in [2.75, 3.05) is 4.90 Å². The van der Waals surface area contributed by atoms with Gasteiger partial charge in [-0.25, -0.2) is 0 Å². The van der Waals surface area contributed by atoms with Gasteiger partial charge in [-0.1, -0.05) is 109 Å². The Balaban J connectivity index is 1.75. The molecule has 1 atom stereocenters. The Bertz CT molecular complexity index is 1370. The standard InChI is InChI=1S/C31H24N2O2/c32-30(26-20-21-35-22-26)27-18-10-11-19-28(27)33(29(30)34)31(23-12-4-1-5-13-23,24-14-6-2-7-15-24)25-16-8-3-9-17-25/h1-22H,32H2/t30-/m1/s1. The van der Waals surface area contributed by atoms with Gasteiger partial charge in [0.15, 0.2) is 5.54 Å². The summed E-state index contributed by atoms with van der Waals surface area (Å²) >= 11 is 0. The van der Waals surface area contributed by atoms with Crippen molar-refractivity contribution in [2.45, 2.75) is 11.1 Å². The maximum atomic E-state index is 14.7. The topological polar surface area (TPSA) is 59.5 Å². The summed E-state index contributed by atoms with van der Waals surface area (Å²) in [5.74, 6) is -0.211. The molecule has 4 aromatic carbocycles. The van der Waals surface area contributed by atoms with Gasteiger partial charge in [-0.05, 0) is 28.8 Å². The van der Waals surface area contributed by atoms with Crippen molar-refractivity contribution in [2.24, 2.45) is 5.73 Å². The quantitative estimate of drug-likeness (QED) is 0.339. The van der Waals surface area contributed by atoms with Crippen LogP contribution < -0.4 is 10.6 Å². The number of furan rings is 1. The van der Waals surface area contributed by atoms with Crippen LogP contribution in [0.15, 0.2) is 138 Å². The number of amides is 1. The highest BCUT2D eigenvalue weighted by atomic mass is 16.3. The number of nitrogens with two attached hydrogens (primary N) is 1. The van der Waals surface area contributed by atoms with E-state index in [1.54, 1.807) is 18.6 Å². The van der Waals surface area contributed by atoms with E-state index in [1.807, 2.05) is 83.8 Å². The molecule has 4 heteroatoms. The zero-order valence-electron chi connectivity index (χ0n) is 19.0. The van der Waals surface area contributed by atoms with Gasteiger partial charge in [0.25, 0.3) is 5.91 Å². The Kier molecular flexibility index (Phi) is 4.90. The molecule has 35 heavy (non-hydrogen) atoms. The summed E-state index contributed by atoms with van der Waals surface area (Å²) in [7, 11) is 0. The van der Waals surface area contributed by atoms with E-state index in [-0.39, 0.29) is 5.91 Å². The number of carbonyl (C=O) groups excluding carboxylic acids is 1. The number of rotatable bonds is 5. The second-order valence-corrected chi connectivity index (χ2v) is 8.79. The van der Waals surface area contributed by atoms with Crippen molar-refractivity contribution in [3.63, 3.8) is 0 Å². The first kappa shape index (κ1) is 21.1. The molecule has 1 aromatic heterocycles. The van der Waals surface area contributed by atoms with Crippen molar-refractivity contribution >= 4 is 11.6 Å². The van der Waals surface area contributed by atoms with Crippen LogP contribution >= 0.6 is 0 Å². The Hall–Kier alpha value is -4.41. The lowest BCUT2D eigenvalue weighted by Gasteiger charge is -2.44. The molecule has 4 nitrogen and oxygen atoms in total. The van der Waals surface area contributed by atoms with E-state index in [9.17, 15) is 4.79 Å². The minimum Gasteiger partial charge on any atom is -0.472 e. The summed E-state index contributed by atoms with van der Waals surface area (Å²) in [4.78, 5) is 16.6. The maximum absolute atomic E-state index is 14.7. The van der Waals surface area contributed by atoms with Crippen molar-refractivity contribution in [3.8, 4) is 0 Å². The molecule has 0 aliphatic carbocycles. The Morgan fingerprint density at radius 2 is 1.14 bits per heavy atom. The molecule has 0 bridgehead atoms. The summed E-state index contributed by atoms with van der Waals surface area (Å²) in [6.07, 6.45) is 3.12. The molecule has 1 aliphatic rings. The first-order chi connectivity index (χ1) is 17.2. The summed E-state index contributed by atoms with van der Waals surface area (Å²) < 4.78 is 5.38. The average molecular weight is 457 g/mol. The molecule has 5 aromatic rings. The fourth-order valence-electron chi connectivity index (χ4n) is 5.43. The van der Waals surface area contributed by atoms with Gasteiger partial charge in [0.2, 0.25) is 0 Å². The molecule has 0 radical (unpaired) electrons. The van der Waals surface area contributed by atoms with Gasteiger partial charge in [0.05, 0.1) is 18.2 Å². The second-order valence-electron chi connectivity index (χ2n) is 8.79. The van der Waals surface area contributed by atoms with Gasteiger partial charge in [-0.3, -0.25) is 9.69 Å². The predicted molar refractivity (Wildman–Crippen MR) is 137 cm³/mol. The lowest BCUT2D eigenvalue weighted by molar-refractivity contribution is -0.122. The van der Waals surface area contributed by atoms with Crippen LogP contribution in [0.2, 0.25) is 0 Å². The number of anilines is 1. The first-order valence-electron chi connectivity index (χ1n) is 11.6. The molecule has 6 rings (SSSR count). The predicted octanol–water partition coefficient (Wildman–Crippen LogP) is 5.82. The van der Waals surface area contributed by atoms with E-state index in [4.69, 9.17) is 10.2 Å². The Labute approximate surface area is 204 Å². The van der Waals surface area contributed by atoms with E-state index >= 15 is 0 Å². The average Bonchev–Trinajstić information content (AvgIpc) is 3.55. The zero-order chi connectivity index (χ0) is 23.9. The summed E-state index contributed by atoms with van der Waals surface area (Å²) in [6.45, 7) is 0. The number of fused-ring (bicyclic) bond motifs is 1. The fraction of sp³-hybridized carbons (Fsp3) is 0.0645. The van der Waals surface area contributed by atoms with E-state index in [1.165, 1.54) is 0 Å². The van der Waals surface area contributed by atoms with Crippen LogP contribution in [0.1, 0.15) is 27.8 Å². The van der Waals surface area contributed by atoms with Crippen LogP contribution in [0, 0.1) is 0 Å². The Morgan fingerprint density at radius 3 is 1.63 bits per heavy atom. The van der Waals surface area contributed by atoms with Crippen LogP contribution in [0.5, 0.6) is 0 Å². The highest BCUT2D eigenvalue weighted by Crippen LogP contribution is 2.53. The highest BCUT2D eigenvalue weighted by molar-refractivity contribution is 6.12. The molecule has 0 saturated heterocycles. The normalized spacial score (nSPS) is 17.4. The van der Waals surface area contributed by atoms with Gasteiger partial charge in [0, 0.05) is 11.1 Å². The lowest BCUT2D eigenvalue weighted by Crippen LogP contribution is -2.56. The van der Waals surface area contributed by atoms with Crippen LogP contribution in [-0.4, -0.2) is 5.91 Å². The van der Waals surface area contributed by atoms with Crippen LogP contribution in [0.3, 0.4) is 0 Å². The largest absolute Gasteiger partial charge is 0.472 e. The van der Waals surface area contributed by atoms with Crippen molar-refractivity contribution in [1.82, 2.24) is 0 Å². The number of benzene rings is 4. The number of hydrogen-bond donors (Lipinski definition) is 1. The SMILES string of the molecule is N[C@@]1(c2ccoc2)C(=O)N(C(c2ccccc2)(c2ccccc2)c2ccccc2)c2ccccc21.